The summed E-state index contributed by atoms with van der Waals surface area (Å²) in [6, 6.07) is 11.8. The van der Waals surface area contributed by atoms with E-state index in [2.05, 4.69) is 10.1 Å². The van der Waals surface area contributed by atoms with E-state index in [1.54, 1.807) is 6.08 Å². The molecule has 0 saturated carbocycles. The van der Waals surface area contributed by atoms with Gasteiger partial charge >= 0.3 is 0 Å². The van der Waals surface area contributed by atoms with Gasteiger partial charge in [-0.2, -0.15) is 15.1 Å². The van der Waals surface area contributed by atoms with Gasteiger partial charge in [-0.15, -0.1) is 11.3 Å². The number of hydrogen-bond donors (Lipinski definition) is 1. The smallest absolute Gasteiger partial charge is 0.282 e. The maximum absolute atomic E-state index is 12.3. The molecular formula is C17H12N4OS2. The van der Waals surface area contributed by atoms with Crippen molar-refractivity contribution in [3.8, 4) is 0 Å². The van der Waals surface area contributed by atoms with E-state index in [4.69, 9.17) is 5.41 Å². The predicted molar refractivity (Wildman–Crippen MR) is 99.6 cm³/mol. The molecule has 2 aliphatic rings. The number of hydrogen-bond acceptors (Lipinski definition) is 5. The zero-order valence-corrected chi connectivity index (χ0v) is 14.3. The van der Waals surface area contributed by atoms with Crippen LogP contribution in [0.25, 0.3) is 6.08 Å². The lowest BCUT2D eigenvalue weighted by Crippen LogP contribution is -2.35. The first kappa shape index (κ1) is 15.0. The molecule has 0 atom stereocenters. The maximum Gasteiger partial charge on any atom is 0.283 e. The van der Waals surface area contributed by atoms with Crippen LogP contribution in [0.2, 0.25) is 0 Å². The molecule has 24 heavy (non-hydrogen) atoms. The van der Waals surface area contributed by atoms with E-state index in [1.165, 1.54) is 33.7 Å². The molecule has 0 aliphatic carbocycles. The lowest BCUT2D eigenvalue weighted by atomic mass is 10.1. The van der Waals surface area contributed by atoms with Gasteiger partial charge in [0, 0.05) is 10.4 Å². The van der Waals surface area contributed by atoms with Crippen LogP contribution in [0, 0.1) is 12.3 Å². The maximum atomic E-state index is 12.3. The Morgan fingerprint density at radius 1 is 1.21 bits per heavy atom. The van der Waals surface area contributed by atoms with Gasteiger partial charge in [-0.05, 0) is 36.2 Å². The standard InChI is InChI=1S/C17H12N4OS2/c1-10-4-6-11(7-5-10)16-20-21-14(18)13(9-12-3-2-8-23-12)15(22)19-17(21)24-16/h2-9,18H,1H3/b13-9+,18-14?. The van der Waals surface area contributed by atoms with Crippen molar-refractivity contribution in [2.75, 3.05) is 0 Å². The van der Waals surface area contributed by atoms with Crippen LogP contribution >= 0.6 is 23.1 Å². The molecule has 0 spiro atoms. The minimum atomic E-state index is -0.396. The lowest BCUT2D eigenvalue weighted by Gasteiger charge is -2.19. The molecule has 3 heterocycles. The van der Waals surface area contributed by atoms with E-state index < -0.39 is 5.91 Å². The second-order valence-corrected chi connectivity index (χ2v) is 7.24. The van der Waals surface area contributed by atoms with Crippen LogP contribution < -0.4 is 0 Å². The number of fused-ring (bicyclic) bond motifs is 1. The van der Waals surface area contributed by atoms with Gasteiger partial charge in [-0.25, -0.2) is 0 Å². The molecule has 5 nitrogen and oxygen atoms in total. The second-order valence-electron chi connectivity index (χ2n) is 5.31. The number of amides is 1. The van der Waals surface area contributed by atoms with E-state index >= 15 is 0 Å². The summed E-state index contributed by atoms with van der Waals surface area (Å²) < 4.78 is 0. The first-order chi connectivity index (χ1) is 11.6. The van der Waals surface area contributed by atoms with Gasteiger partial charge in [0.1, 0.15) is 5.04 Å². The third-order valence-corrected chi connectivity index (χ3v) is 5.36. The van der Waals surface area contributed by atoms with Crippen molar-refractivity contribution in [1.82, 2.24) is 5.01 Å². The number of aryl methyl sites for hydroxylation is 1. The van der Waals surface area contributed by atoms with Crippen molar-refractivity contribution in [2.45, 2.75) is 6.92 Å². The summed E-state index contributed by atoms with van der Waals surface area (Å²) in [4.78, 5) is 17.3. The molecule has 1 amide bonds. The van der Waals surface area contributed by atoms with Crippen LogP contribution in [0.4, 0.5) is 0 Å². The van der Waals surface area contributed by atoms with Crippen LogP contribution in [0.3, 0.4) is 0 Å². The summed E-state index contributed by atoms with van der Waals surface area (Å²) in [6.07, 6.45) is 1.69. The number of carbonyl (C=O) groups is 1. The molecule has 0 bridgehead atoms. The fourth-order valence-corrected chi connectivity index (χ4v) is 3.87. The number of carbonyl (C=O) groups excluding carboxylic acids is 1. The predicted octanol–water partition coefficient (Wildman–Crippen LogP) is 3.72. The van der Waals surface area contributed by atoms with E-state index in [0.717, 1.165) is 15.5 Å². The molecule has 1 aromatic carbocycles. The quantitative estimate of drug-likeness (QED) is 0.838. The van der Waals surface area contributed by atoms with Crippen molar-refractivity contribution in [2.24, 2.45) is 10.1 Å². The summed E-state index contributed by atoms with van der Waals surface area (Å²) in [7, 11) is 0. The van der Waals surface area contributed by atoms with E-state index in [1.807, 2.05) is 48.7 Å². The molecule has 2 aliphatic heterocycles. The van der Waals surface area contributed by atoms with Crippen molar-refractivity contribution in [3.05, 3.63) is 63.4 Å². The molecule has 1 aromatic heterocycles. The average molecular weight is 352 g/mol. The number of benzene rings is 1. The van der Waals surface area contributed by atoms with Crippen LogP contribution in [-0.4, -0.2) is 27.0 Å². The number of nitrogens with one attached hydrogen (secondary N) is 1. The Kier molecular flexibility index (Phi) is 3.66. The first-order valence-corrected chi connectivity index (χ1v) is 8.92. The monoisotopic (exact) mass is 352 g/mol. The van der Waals surface area contributed by atoms with Crippen molar-refractivity contribution >= 4 is 51.1 Å². The minimum Gasteiger partial charge on any atom is -0.282 e. The lowest BCUT2D eigenvalue weighted by molar-refractivity contribution is -0.114. The molecule has 7 heteroatoms. The van der Waals surface area contributed by atoms with Crippen LogP contribution in [0.5, 0.6) is 0 Å². The summed E-state index contributed by atoms with van der Waals surface area (Å²) in [5.74, 6) is -0.333. The van der Waals surface area contributed by atoms with Gasteiger partial charge in [0.25, 0.3) is 5.91 Å². The number of hydrazone groups is 1. The fraction of sp³-hybridized carbons (Fsp3) is 0.0588. The third-order valence-electron chi connectivity index (χ3n) is 3.58. The Hall–Kier alpha value is -2.51. The number of thiophene rings is 1. The molecule has 4 rings (SSSR count). The zero-order valence-electron chi connectivity index (χ0n) is 12.7. The molecule has 1 N–H and O–H groups in total. The van der Waals surface area contributed by atoms with Gasteiger partial charge in [-0.3, -0.25) is 10.2 Å². The average Bonchev–Trinajstić information content (AvgIpc) is 3.21. The van der Waals surface area contributed by atoms with Crippen molar-refractivity contribution in [1.29, 1.82) is 5.41 Å². The summed E-state index contributed by atoms with van der Waals surface area (Å²) in [6.45, 7) is 2.02. The molecule has 0 unspecified atom stereocenters. The Morgan fingerprint density at radius 3 is 2.71 bits per heavy atom. The van der Waals surface area contributed by atoms with Crippen LogP contribution in [0.15, 0.2) is 57.4 Å². The Morgan fingerprint density at radius 2 is 2.00 bits per heavy atom. The zero-order chi connectivity index (χ0) is 16.7. The largest absolute Gasteiger partial charge is 0.283 e. The number of rotatable bonds is 2. The first-order valence-electron chi connectivity index (χ1n) is 7.22. The van der Waals surface area contributed by atoms with E-state index in [-0.39, 0.29) is 11.4 Å². The molecule has 118 valence electrons. The van der Waals surface area contributed by atoms with Crippen LogP contribution in [0.1, 0.15) is 16.0 Å². The summed E-state index contributed by atoms with van der Waals surface area (Å²) >= 11 is 2.82. The fourth-order valence-electron chi connectivity index (χ4n) is 2.32. The van der Waals surface area contributed by atoms with Gasteiger partial charge in [-0.1, -0.05) is 35.9 Å². The normalized spacial score (nSPS) is 18.7. The van der Waals surface area contributed by atoms with Gasteiger partial charge in [0.15, 0.2) is 5.84 Å². The molecule has 0 saturated heterocycles. The van der Waals surface area contributed by atoms with E-state index in [0.29, 0.717) is 5.17 Å². The number of thioether (sulfide) groups is 1. The number of amidine groups is 2. The van der Waals surface area contributed by atoms with Crippen molar-refractivity contribution in [3.63, 3.8) is 0 Å². The topological polar surface area (TPSA) is 68.9 Å². The van der Waals surface area contributed by atoms with Crippen molar-refractivity contribution < 1.29 is 4.79 Å². The molecular weight excluding hydrogens is 340 g/mol. The number of nitrogens with zero attached hydrogens (tertiary/aromatic N) is 3. The van der Waals surface area contributed by atoms with E-state index in [9.17, 15) is 4.79 Å². The SMILES string of the molecule is Cc1ccc(C2=NN3C(=N)/C(=C\c4cccs4)C(=O)N=C3S2)cc1. The van der Waals surface area contributed by atoms with Crippen LogP contribution in [-0.2, 0) is 4.79 Å². The highest BCUT2D eigenvalue weighted by Crippen LogP contribution is 2.31. The number of aliphatic imine (C=N–C) groups is 1. The second kappa shape index (κ2) is 5.85. The summed E-state index contributed by atoms with van der Waals surface area (Å²) in [5, 5.41) is 17.3. The Labute approximate surface area is 146 Å². The Balaban J connectivity index is 1.70. The van der Waals surface area contributed by atoms with Gasteiger partial charge in [0.05, 0.1) is 5.57 Å². The van der Waals surface area contributed by atoms with Gasteiger partial charge < -0.3 is 0 Å². The molecule has 0 fully saturated rings. The minimum absolute atomic E-state index is 0.0630. The highest BCUT2D eigenvalue weighted by atomic mass is 32.2. The third kappa shape index (κ3) is 2.61. The highest BCUT2D eigenvalue weighted by molar-refractivity contribution is 8.27. The summed E-state index contributed by atoms with van der Waals surface area (Å²) in [5.41, 5.74) is 2.38. The highest BCUT2D eigenvalue weighted by Gasteiger charge is 2.35. The van der Waals surface area contributed by atoms with Gasteiger partial charge in [0.2, 0.25) is 5.17 Å². The Bertz CT molecular complexity index is 924. The molecule has 0 radical (unpaired) electrons. The molecule has 2 aromatic rings.